The average molecular weight is 809 g/mol. The molecule has 56 heavy (non-hydrogen) atoms. The summed E-state index contributed by atoms with van der Waals surface area (Å²) in [7, 11) is 1.45. The predicted molar refractivity (Wildman–Crippen MR) is 233 cm³/mol. The summed E-state index contributed by atoms with van der Waals surface area (Å²) in [6.45, 7) is 4.27. The SMILES string of the molecule is CCC/C=C/C/C=C/C/C=C/C/C=C/CCCCCC(=O)OC[C@H](COP(=O)(O)OCC[N+](C)(C)C)OC(=O)CCCCCCCCCCC/C=C/CCCC. The number of ether oxygens (including phenoxy) is 2. The van der Waals surface area contributed by atoms with E-state index < -0.39 is 32.5 Å². The molecule has 324 valence electrons. The van der Waals surface area contributed by atoms with Crippen molar-refractivity contribution in [3.05, 3.63) is 60.8 Å². The van der Waals surface area contributed by atoms with Crippen LogP contribution in [0, 0.1) is 0 Å². The maximum absolute atomic E-state index is 12.7. The second-order valence-corrected chi connectivity index (χ2v) is 17.2. The Bertz CT molecular complexity index is 1140. The van der Waals surface area contributed by atoms with Crippen LogP contribution in [0.3, 0.4) is 0 Å². The third kappa shape index (κ3) is 41.3. The topological polar surface area (TPSA) is 108 Å². The van der Waals surface area contributed by atoms with Gasteiger partial charge in [0.05, 0.1) is 27.7 Å². The largest absolute Gasteiger partial charge is 0.472 e. The second kappa shape index (κ2) is 38.2. The Morgan fingerprint density at radius 1 is 0.554 bits per heavy atom. The summed E-state index contributed by atoms with van der Waals surface area (Å²) in [4.78, 5) is 35.4. The number of unbranched alkanes of at least 4 members (excludes halogenated alkanes) is 15. The van der Waals surface area contributed by atoms with Gasteiger partial charge in [0.2, 0.25) is 0 Å². The third-order valence-corrected chi connectivity index (χ3v) is 9.99. The smallest absolute Gasteiger partial charge is 0.462 e. The van der Waals surface area contributed by atoms with Gasteiger partial charge in [0.15, 0.2) is 6.10 Å². The van der Waals surface area contributed by atoms with Crippen LogP contribution in [0.5, 0.6) is 0 Å². The minimum atomic E-state index is -4.38. The average Bonchev–Trinajstić information content (AvgIpc) is 3.15. The monoisotopic (exact) mass is 809 g/mol. The zero-order valence-electron chi connectivity index (χ0n) is 36.3. The molecule has 10 heteroatoms. The van der Waals surface area contributed by atoms with Crippen molar-refractivity contribution in [1.29, 1.82) is 0 Å². The summed E-state index contributed by atoms with van der Waals surface area (Å²) in [5.74, 6) is -0.841. The number of phosphoric ester groups is 1. The molecule has 0 aliphatic carbocycles. The highest BCUT2D eigenvalue weighted by molar-refractivity contribution is 7.47. The first-order chi connectivity index (χ1) is 27.0. The molecule has 0 aliphatic rings. The zero-order chi connectivity index (χ0) is 41.4. The zero-order valence-corrected chi connectivity index (χ0v) is 37.2. The Balaban J connectivity index is 4.42. The summed E-state index contributed by atoms with van der Waals surface area (Å²) < 4.78 is 34.3. The van der Waals surface area contributed by atoms with Gasteiger partial charge in [-0.15, -0.1) is 0 Å². The van der Waals surface area contributed by atoms with Gasteiger partial charge >= 0.3 is 19.8 Å². The van der Waals surface area contributed by atoms with Gasteiger partial charge in [-0.25, -0.2) is 4.57 Å². The number of carbonyl (C=O) groups excluding carboxylic acids is 2. The molecule has 0 amide bonds. The van der Waals surface area contributed by atoms with Gasteiger partial charge in [-0.3, -0.25) is 18.6 Å². The van der Waals surface area contributed by atoms with E-state index in [1.54, 1.807) is 0 Å². The molecular weight excluding hydrogens is 725 g/mol. The number of hydrogen-bond donors (Lipinski definition) is 1. The van der Waals surface area contributed by atoms with Gasteiger partial charge in [0.25, 0.3) is 0 Å². The number of allylic oxidation sites excluding steroid dienone is 10. The first kappa shape index (κ1) is 53.7. The van der Waals surface area contributed by atoms with Crippen molar-refractivity contribution < 1.29 is 42.1 Å². The van der Waals surface area contributed by atoms with E-state index in [9.17, 15) is 19.0 Å². The van der Waals surface area contributed by atoms with Gasteiger partial charge in [-0.05, 0) is 70.6 Å². The maximum atomic E-state index is 12.7. The van der Waals surface area contributed by atoms with Crippen molar-refractivity contribution in [1.82, 2.24) is 0 Å². The minimum Gasteiger partial charge on any atom is -0.462 e. The number of nitrogens with zero attached hydrogens (tertiary/aromatic N) is 1. The van der Waals surface area contributed by atoms with Crippen molar-refractivity contribution in [2.75, 3.05) is 47.5 Å². The molecule has 0 aliphatic heterocycles. The number of esters is 2. The third-order valence-electron chi connectivity index (χ3n) is 9.00. The lowest BCUT2D eigenvalue weighted by Gasteiger charge is -2.24. The molecule has 9 nitrogen and oxygen atoms in total. The number of carbonyl (C=O) groups is 2. The van der Waals surface area contributed by atoms with E-state index in [1.165, 1.54) is 64.2 Å². The van der Waals surface area contributed by atoms with Gasteiger partial charge in [-0.2, -0.15) is 0 Å². The van der Waals surface area contributed by atoms with Crippen LogP contribution in [0.2, 0.25) is 0 Å². The number of rotatable bonds is 39. The first-order valence-electron chi connectivity index (χ1n) is 22.0. The van der Waals surface area contributed by atoms with Crippen LogP contribution in [0.1, 0.15) is 168 Å². The van der Waals surface area contributed by atoms with Crippen molar-refractivity contribution in [3.8, 4) is 0 Å². The van der Waals surface area contributed by atoms with Crippen molar-refractivity contribution in [2.45, 2.75) is 174 Å². The molecule has 1 unspecified atom stereocenters. The van der Waals surface area contributed by atoms with E-state index in [0.29, 0.717) is 23.9 Å². The second-order valence-electron chi connectivity index (χ2n) is 15.7. The van der Waals surface area contributed by atoms with Crippen molar-refractivity contribution in [2.24, 2.45) is 0 Å². The number of likely N-dealkylation sites (N-methyl/N-ethyl adjacent to an activating group) is 1. The normalized spacial score (nSPS) is 14.2. The van der Waals surface area contributed by atoms with Gasteiger partial charge in [0.1, 0.15) is 19.8 Å². The van der Waals surface area contributed by atoms with Crippen LogP contribution in [-0.4, -0.2) is 74.9 Å². The Hall–Kier alpha value is -2.29. The van der Waals surface area contributed by atoms with E-state index in [-0.39, 0.29) is 26.1 Å². The van der Waals surface area contributed by atoms with Crippen molar-refractivity contribution >= 4 is 19.8 Å². The fraction of sp³-hybridized carbons (Fsp3) is 0.739. The minimum absolute atomic E-state index is 0.0237. The first-order valence-corrected chi connectivity index (χ1v) is 23.5. The molecule has 0 radical (unpaired) electrons. The summed E-state index contributed by atoms with van der Waals surface area (Å²) in [5.41, 5.74) is 0. The number of hydrogen-bond acceptors (Lipinski definition) is 7. The van der Waals surface area contributed by atoms with Crippen LogP contribution in [-0.2, 0) is 32.7 Å². The Kier molecular flexibility index (Phi) is 36.7. The summed E-state index contributed by atoms with van der Waals surface area (Å²) in [6.07, 6.45) is 45.5. The van der Waals surface area contributed by atoms with Gasteiger partial charge < -0.3 is 18.9 Å². The molecular formula is C46H83NO8P+. The molecule has 0 spiro atoms. The fourth-order valence-corrected chi connectivity index (χ4v) is 6.26. The molecule has 0 rings (SSSR count). The maximum Gasteiger partial charge on any atom is 0.472 e. The Morgan fingerprint density at radius 3 is 1.54 bits per heavy atom. The highest BCUT2D eigenvalue weighted by Crippen LogP contribution is 2.43. The molecule has 0 heterocycles. The Morgan fingerprint density at radius 2 is 1.00 bits per heavy atom. The number of phosphoric acid groups is 1. The van der Waals surface area contributed by atoms with Crippen LogP contribution < -0.4 is 0 Å². The van der Waals surface area contributed by atoms with Gasteiger partial charge in [-0.1, -0.05) is 145 Å². The van der Waals surface area contributed by atoms with E-state index in [4.69, 9.17) is 18.5 Å². The summed E-state index contributed by atoms with van der Waals surface area (Å²) >= 11 is 0. The quantitative estimate of drug-likeness (QED) is 0.0215. The highest BCUT2D eigenvalue weighted by Gasteiger charge is 2.27. The molecule has 0 saturated carbocycles. The predicted octanol–water partition coefficient (Wildman–Crippen LogP) is 12.5. The molecule has 0 saturated heterocycles. The highest BCUT2D eigenvalue weighted by atomic mass is 31.2. The summed E-state index contributed by atoms with van der Waals surface area (Å²) in [6, 6.07) is 0. The van der Waals surface area contributed by atoms with Crippen LogP contribution in [0.15, 0.2) is 60.8 Å². The fourth-order valence-electron chi connectivity index (χ4n) is 5.51. The molecule has 0 bridgehead atoms. The van der Waals surface area contributed by atoms with E-state index in [0.717, 1.165) is 64.2 Å². The molecule has 0 aromatic rings. The standard InChI is InChI=1S/C46H82NO8P/c1-6-8-10-12-14-16-18-20-22-23-25-26-28-30-32-34-36-38-45(48)52-42-44(43-54-56(50,51)53-41-40-47(3,4)5)55-46(49)39-37-35-33-31-29-27-24-21-19-17-15-13-11-9-7-2/h10,12-13,15-16,18,22-23,26,28,44H,6-9,11,14,17,19-21,24-25,27,29-43H2,1-5H3/p+1/b12-10+,15-13+,18-16+,23-22+,28-26+/t44-/m1/s1. The van der Waals surface area contributed by atoms with E-state index >= 15 is 0 Å². The lowest BCUT2D eigenvalue weighted by atomic mass is 10.1. The van der Waals surface area contributed by atoms with E-state index in [2.05, 4.69) is 74.6 Å². The van der Waals surface area contributed by atoms with Crippen LogP contribution >= 0.6 is 7.82 Å². The van der Waals surface area contributed by atoms with E-state index in [1.807, 2.05) is 21.1 Å². The molecule has 2 atom stereocenters. The molecule has 0 aromatic heterocycles. The summed E-state index contributed by atoms with van der Waals surface area (Å²) in [5, 5.41) is 0. The number of quaternary nitrogens is 1. The molecule has 0 fully saturated rings. The Labute approximate surface area is 343 Å². The van der Waals surface area contributed by atoms with Crippen LogP contribution in [0.4, 0.5) is 0 Å². The lowest BCUT2D eigenvalue weighted by Crippen LogP contribution is -2.37. The molecule has 1 N–H and O–H groups in total. The van der Waals surface area contributed by atoms with Crippen molar-refractivity contribution in [3.63, 3.8) is 0 Å². The van der Waals surface area contributed by atoms with Gasteiger partial charge in [0, 0.05) is 12.8 Å². The van der Waals surface area contributed by atoms with Crippen LogP contribution in [0.25, 0.3) is 0 Å². The molecule has 0 aromatic carbocycles. The lowest BCUT2D eigenvalue weighted by molar-refractivity contribution is -0.870.